The van der Waals surface area contributed by atoms with Crippen molar-refractivity contribution in [2.24, 2.45) is 0 Å². The zero-order valence-electron chi connectivity index (χ0n) is 8.23. The molecule has 0 saturated carbocycles. The second-order valence-electron chi connectivity index (χ2n) is 3.05. The van der Waals surface area contributed by atoms with Gasteiger partial charge < -0.3 is 14.9 Å². The van der Waals surface area contributed by atoms with Gasteiger partial charge in [-0.1, -0.05) is 19.8 Å². The fourth-order valence-electron chi connectivity index (χ4n) is 0.887. The number of unbranched alkanes of at least 4 members (excludes halogenated alkanes) is 1. The summed E-state index contributed by atoms with van der Waals surface area (Å²) in [5.74, 6) is -2.04. The van der Waals surface area contributed by atoms with Gasteiger partial charge in [0.15, 0.2) is 0 Å². The van der Waals surface area contributed by atoms with Crippen LogP contribution >= 0.6 is 0 Å². The van der Waals surface area contributed by atoms with Gasteiger partial charge in [0.05, 0.1) is 6.10 Å². The molecule has 5 heteroatoms. The third-order valence-corrected chi connectivity index (χ3v) is 1.62. The average molecular weight is 204 g/mol. The van der Waals surface area contributed by atoms with E-state index in [2.05, 4.69) is 4.74 Å². The smallest absolute Gasteiger partial charge is 0.317 e. The third-order valence-electron chi connectivity index (χ3n) is 1.62. The van der Waals surface area contributed by atoms with Crippen LogP contribution in [-0.4, -0.2) is 34.9 Å². The van der Waals surface area contributed by atoms with Crippen molar-refractivity contribution >= 4 is 11.9 Å². The molecule has 0 bridgehead atoms. The number of carbonyl (C=O) groups is 2. The minimum absolute atomic E-state index is 0.119. The number of carboxylic acids is 1. The van der Waals surface area contributed by atoms with Crippen LogP contribution in [0.5, 0.6) is 0 Å². The van der Waals surface area contributed by atoms with E-state index in [4.69, 9.17) is 5.11 Å². The fourth-order valence-corrected chi connectivity index (χ4v) is 0.887. The van der Waals surface area contributed by atoms with Crippen LogP contribution in [0.2, 0.25) is 0 Å². The standard InChI is InChI=1S/C9H16O5/c1-2-3-4-7(10)6-14-9(13)5-8(11)12/h7,10H,2-6H2,1H3,(H,11,12). The highest BCUT2D eigenvalue weighted by atomic mass is 16.5. The van der Waals surface area contributed by atoms with Crippen molar-refractivity contribution in [3.05, 3.63) is 0 Å². The van der Waals surface area contributed by atoms with Crippen LogP contribution in [0.25, 0.3) is 0 Å². The Labute approximate surface area is 82.7 Å². The van der Waals surface area contributed by atoms with Crippen molar-refractivity contribution in [2.75, 3.05) is 6.61 Å². The quantitative estimate of drug-likeness (QED) is 0.467. The Morgan fingerprint density at radius 1 is 1.43 bits per heavy atom. The predicted octanol–water partition coefficient (Wildman–Crippen LogP) is 0.555. The number of hydrogen-bond donors (Lipinski definition) is 2. The summed E-state index contributed by atoms with van der Waals surface area (Å²) in [5, 5.41) is 17.5. The van der Waals surface area contributed by atoms with E-state index in [0.29, 0.717) is 6.42 Å². The fraction of sp³-hybridized carbons (Fsp3) is 0.778. The molecule has 1 unspecified atom stereocenters. The molecule has 5 nitrogen and oxygen atoms in total. The van der Waals surface area contributed by atoms with E-state index in [0.717, 1.165) is 12.8 Å². The molecule has 14 heavy (non-hydrogen) atoms. The Morgan fingerprint density at radius 3 is 2.57 bits per heavy atom. The number of hydrogen-bond acceptors (Lipinski definition) is 4. The number of aliphatic hydroxyl groups is 1. The van der Waals surface area contributed by atoms with E-state index in [1.807, 2.05) is 6.92 Å². The van der Waals surface area contributed by atoms with E-state index in [1.165, 1.54) is 0 Å². The number of carboxylic acid groups (broad SMARTS) is 1. The number of ether oxygens (including phenoxy) is 1. The van der Waals surface area contributed by atoms with Crippen LogP contribution in [0.15, 0.2) is 0 Å². The van der Waals surface area contributed by atoms with Crippen LogP contribution < -0.4 is 0 Å². The average Bonchev–Trinajstić information content (AvgIpc) is 2.10. The van der Waals surface area contributed by atoms with Crippen molar-refractivity contribution in [1.29, 1.82) is 0 Å². The highest BCUT2D eigenvalue weighted by molar-refractivity contribution is 5.90. The molecule has 0 aliphatic rings. The van der Waals surface area contributed by atoms with Crippen molar-refractivity contribution in [2.45, 2.75) is 38.7 Å². The molecule has 0 aromatic rings. The minimum atomic E-state index is -1.22. The van der Waals surface area contributed by atoms with Crippen LogP contribution in [0.4, 0.5) is 0 Å². The molecule has 0 aliphatic heterocycles. The summed E-state index contributed by atoms with van der Waals surface area (Å²) in [6, 6.07) is 0. The monoisotopic (exact) mass is 204 g/mol. The molecule has 0 aromatic carbocycles. The Morgan fingerprint density at radius 2 is 2.07 bits per heavy atom. The normalized spacial score (nSPS) is 12.1. The topological polar surface area (TPSA) is 83.8 Å². The molecule has 0 amide bonds. The first-order valence-corrected chi connectivity index (χ1v) is 4.61. The van der Waals surface area contributed by atoms with Gasteiger partial charge in [-0.2, -0.15) is 0 Å². The lowest BCUT2D eigenvalue weighted by molar-refractivity contribution is -0.153. The SMILES string of the molecule is CCCCC(O)COC(=O)CC(=O)O. The van der Waals surface area contributed by atoms with Gasteiger partial charge >= 0.3 is 11.9 Å². The first kappa shape index (κ1) is 12.9. The molecule has 2 N–H and O–H groups in total. The maximum Gasteiger partial charge on any atom is 0.317 e. The zero-order valence-corrected chi connectivity index (χ0v) is 8.23. The van der Waals surface area contributed by atoms with Gasteiger partial charge in [-0.25, -0.2) is 0 Å². The number of esters is 1. The van der Waals surface area contributed by atoms with Crippen molar-refractivity contribution in [3.8, 4) is 0 Å². The van der Waals surface area contributed by atoms with Crippen molar-refractivity contribution in [3.63, 3.8) is 0 Å². The number of carbonyl (C=O) groups excluding carboxylic acids is 1. The van der Waals surface area contributed by atoms with Gasteiger partial charge in [-0.3, -0.25) is 9.59 Å². The first-order chi connectivity index (χ1) is 6.56. The Bertz CT molecular complexity index is 190. The lowest BCUT2D eigenvalue weighted by atomic mass is 10.2. The number of aliphatic carboxylic acids is 1. The van der Waals surface area contributed by atoms with Gasteiger partial charge in [0.2, 0.25) is 0 Å². The van der Waals surface area contributed by atoms with E-state index in [9.17, 15) is 14.7 Å². The second-order valence-corrected chi connectivity index (χ2v) is 3.05. The summed E-state index contributed by atoms with van der Waals surface area (Å²) in [6.07, 6.45) is 1.04. The molecule has 0 rings (SSSR count). The third kappa shape index (κ3) is 7.54. The van der Waals surface area contributed by atoms with Crippen LogP contribution in [0, 0.1) is 0 Å². The van der Waals surface area contributed by atoms with Crippen molar-refractivity contribution < 1.29 is 24.5 Å². The first-order valence-electron chi connectivity index (χ1n) is 4.61. The predicted molar refractivity (Wildman–Crippen MR) is 48.7 cm³/mol. The maximum absolute atomic E-state index is 10.7. The van der Waals surface area contributed by atoms with E-state index in [-0.39, 0.29) is 6.61 Å². The van der Waals surface area contributed by atoms with E-state index in [1.54, 1.807) is 0 Å². The summed E-state index contributed by atoms with van der Waals surface area (Å²) in [5.41, 5.74) is 0. The minimum Gasteiger partial charge on any atom is -0.481 e. The summed E-state index contributed by atoms with van der Waals surface area (Å²) < 4.78 is 4.54. The molecular formula is C9H16O5. The molecule has 0 saturated heterocycles. The summed E-state index contributed by atoms with van der Waals surface area (Å²) in [6.45, 7) is 1.87. The number of rotatable bonds is 7. The molecule has 82 valence electrons. The molecule has 0 radical (unpaired) electrons. The summed E-state index contributed by atoms with van der Waals surface area (Å²) >= 11 is 0. The van der Waals surface area contributed by atoms with Gasteiger partial charge in [0.1, 0.15) is 13.0 Å². The van der Waals surface area contributed by atoms with Gasteiger partial charge in [0.25, 0.3) is 0 Å². The second kappa shape index (κ2) is 7.32. The van der Waals surface area contributed by atoms with Crippen LogP contribution in [-0.2, 0) is 14.3 Å². The maximum atomic E-state index is 10.7. The molecule has 0 fully saturated rings. The Balaban J connectivity index is 3.50. The number of aliphatic hydroxyl groups excluding tert-OH is 1. The highest BCUT2D eigenvalue weighted by Gasteiger charge is 2.11. The largest absolute Gasteiger partial charge is 0.481 e. The highest BCUT2D eigenvalue weighted by Crippen LogP contribution is 2.01. The zero-order chi connectivity index (χ0) is 11.0. The molecule has 0 spiro atoms. The molecular weight excluding hydrogens is 188 g/mol. The Hall–Kier alpha value is -1.10. The molecule has 0 aliphatic carbocycles. The summed E-state index contributed by atoms with van der Waals surface area (Å²) in [4.78, 5) is 20.8. The van der Waals surface area contributed by atoms with Crippen LogP contribution in [0.3, 0.4) is 0 Å². The van der Waals surface area contributed by atoms with E-state index >= 15 is 0 Å². The molecule has 0 heterocycles. The van der Waals surface area contributed by atoms with E-state index < -0.39 is 24.5 Å². The molecule has 1 atom stereocenters. The lowest BCUT2D eigenvalue weighted by Gasteiger charge is -2.09. The molecule has 0 aromatic heterocycles. The van der Waals surface area contributed by atoms with Gasteiger partial charge in [0, 0.05) is 0 Å². The van der Waals surface area contributed by atoms with Crippen LogP contribution in [0.1, 0.15) is 32.6 Å². The van der Waals surface area contributed by atoms with Gasteiger partial charge in [-0.05, 0) is 6.42 Å². The van der Waals surface area contributed by atoms with Gasteiger partial charge in [-0.15, -0.1) is 0 Å². The van der Waals surface area contributed by atoms with Crippen molar-refractivity contribution in [1.82, 2.24) is 0 Å². The lowest BCUT2D eigenvalue weighted by Crippen LogP contribution is -2.20. The Kier molecular flexibility index (Phi) is 6.74. The summed E-state index contributed by atoms with van der Waals surface area (Å²) in [7, 11) is 0.